The van der Waals surface area contributed by atoms with E-state index in [0.717, 1.165) is 24.8 Å². The van der Waals surface area contributed by atoms with Crippen LogP contribution in [0.2, 0.25) is 0 Å². The van der Waals surface area contributed by atoms with E-state index >= 15 is 0 Å². The highest BCUT2D eigenvalue weighted by molar-refractivity contribution is 8.01. The van der Waals surface area contributed by atoms with E-state index in [4.69, 9.17) is 4.74 Å². The van der Waals surface area contributed by atoms with Crippen molar-refractivity contribution in [1.82, 2.24) is 5.32 Å². The van der Waals surface area contributed by atoms with E-state index in [1.54, 1.807) is 30.3 Å². The number of ketones is 1. The minimum absolute atomic E-state index is 0.0519. The second kappa shape index (κ2) is 9.45. The molecule has 0 heterocycles. The molecular weight excluding hydrogens is 395 g/mol. The maximum absolute atomic E-state index is 13.1. The monoisotopic (exact) mass is 421 g/mol. The van der Waals surface area contributed by atoms with Crippen molar-refractivity contribution < 1.29 is 31.7 Å². The van der Waals surface area contributed by atoms with Gasteiger partial charge in [0.05, 0.1) is 11.5 Å². The summed E-state index contributed by atoms with van der Waals surface area (Å²) in [5.41, 5.74) is -1.32. The van der Waals surface area contributed by atoms with E-state index in [2.05, 4.69) is 5.32 Å². The highest BCUT2D eigenvalue weighted by Crippen LogP contribution is 2.41. The molecule has 0 fully saturated rings. The van der Waals surface area contributed by atoms with Crippen LogP contribution >= 0.6 is 0 Å². The number of amides is 1. The zero-order chi connectivity index (χ0) is 21.6. The molecule has 0 unspecified atom stereocenters. The van der Waals surface area contributed by atoms with Gasteiger partial charge < -0.3 is 10.1 Å². The Kier molecular flexibility index (Phi) is 8.10. The normalized spacial score (nSPS) is 13.5. The molecule has 1 atom stereocenters. The molecule has 0 aliphatic rings. The molecule has 0 saturated carbocycles. The molecule has 1 aromatic carbocycles. The number of rotatable bonds is 8. The van der Waals surface area contributed by atoms with E-state index in [-0.39, 0.29) is 13.0 Å². The zero-order valence-electron chi connectivity index (χ0n) is 16.3. The van der Waals surface area contributed by atoms with E-state index in [1.807, 2.05) is 0 Å². The lowest BCUT2D eigenvalue weighted by Gasteiger charge is -2.29. The second-order valence-corrected chi connectivity index (χ2v) is 10.4. The predicted molar refractivity (Wildman–Crippen MR) is 104 cm³/mol. The number of hydrogen-bond donors (Lipinski definition) is 1. The average Bonchev–Trinajstić information content (AvgIpc) is 2.55. The molecule has 0 aliphatic heterocycles. The Morgan fingerprint density at radius 1 is 1.18 bits per heavy atom. The molecule has 1 amide bonds. The van der Waals surface area contributed by atoms with Crippen LogP contribution in [0.5, 0.6) is 0 Å². The van der Waals surface area contributed by atoms with Crippen LogP contribution in [0.25, 0.3) is 0 Å². The van der Waals surface area contributed by atoms with Crippen molar-refractivity contribution in [3.8, 4) is 0 Å². The SMILES string of the molecule is CC(C)(CC[C@H](NC(=O)OCc1ccccc1)C(=O)C=S(C)(C)=O)C(F)(F)F. The third-order valence-corrected chi connectivity index (χ3v) is 4.87. The van der Waals surface area contributed by atoms with E-state index in [1.165, 1.54) is 12.5 Å². The minimum atomic E-state index is -4.46. The summed E-state index contributed by atoms with van der Waals surface area (Å²) in [5.74, 6) is -0.704. The summed E-state index contributed by atoms with van der Waals surface area (Å²) >= 11 is 0. The molecule has 0 spiro atoms. The lowest BCUT2D eigenvalue weighted by atomic mass is 9.85. The number of halogens is 3. The molecule has 0 aromatic heterocycles. The molecule has 1 N–H and O–H groups in total. The van der Waals surface area contributed by atoms with Gasteiger partial charge in [-0.1, -0.05) is 44.2 Å². The lowest BCUT2D eigenvalue weighted by Crippen LogP contribution is -2.44. The number of benzene rings is 1. The number of hydrogen-bond acceptors (Lipinski definition) is 4. The topological polar surface area (TPSA) is 72.5 Å². The first-order valence-corrected chi connectivity index (χ1v) is 11.0. The first-order chi connectivity index (χ1) is 12.7. The van der Waals surface area contributed by atoms with Gasteiger partial charge in [-0.2, -0.15) is 13.2 Å². The van der Waals surface area contributed by atoms with Gasteiger partial charge in [-0.15, -0.1) is 0 Å². The number of carbonyl (C=O) groups excluding carboxylic acids is 2. The van der Waals surface area contributed by atoms with E-state index < -0.39 is 45.5 Å². The van der Waals surface area contributed by atoms with Gasteiger partial charge in [-0.3, -0.25) is 9.00 Å². The van der Waals surface area contributed by atoms with Crippen LogP contribution in [0.3, 0.4) is 0 Å². The maximum atomic E-state index is 13.1. The van der Waals surface area contributed by atoms with Gasteiger partial charge in [-0.05, 0) is 27.9 Å². The summed E-state index contributed by atoms with van der Waals surface area (Å²) in [6.07, 6.45) is -3.39. The van der Waals surface area contributed by atoms with Gasteiger partial charge >= 0.3 is 12.3 Å². The summed E-state index contributed by atoms with van der Waals surface area (Å²) in [5, 5.41) is 3.24. The Labute approximate surface area is 163 Å². The molecular formula is C19H26F3NO4S. The van der Waals surface area contributed by atoms with Crippen LogP contribution < -0.4 is 5.32 Å². The van der Waals surface area contributed by atoms with E-state index in [0.29, 0.717) is 0 Å². The Morgan fingerprint density at radius 3 is 2.25 bits per heavy atom. The van der Waals surface area contributed by atoms with Gasteiger partial charge in [0, 0.05) is 17.9 Å². The maximum Gasteiger partial charge on any atom is 0.408 e. The van der Waals surface area contributed by atoms with E-state index in [9.17, 15) is 27.0 Å². The van der Waals surface area contributed by atoms with Crippen molar-refractivity contribution >= 4 is 26.8 Å². The highest BCUT2D eigenvalue weighted by Gasteiger charge is 2.47. The van der Waals surface area contributed by atoms with Gasteiger partial charge in [0.25, 0.3) is 0 Å². The standard InChI is InChI=1S/C19H26F3NO4S/c1-18(2,19(20,21)22)11-10-15(16(24)13-28(3,4)26)23-17(25)27-12-14-8-6-5-7-9-14/h5-9,13,15H,10-12H2,1-4H3,(H,23,25)/t15-/m0/s1. The van der Waals surface area contributed by atoms with Crippen LogP contribution in [0.1, 0.15) is 32.3 Å². The van der Waals surface area contributed by atoms with Crippen LogP contribution in [-0.2, 0) is 25.7 Å². The fourth-order valence-corrected chi connectivity index (χ4v) is 2.93. The van der Waals surface area contributed by atoms with Crippen LogP contribution in [0, 0.1) is 5.41 Å². The van der Waals surface area contributed by atoms with Gasteiger partial charge in [0.1, 0.15) is 6.61 Å². The molecule has 158 valence electrons. The smallest absolute Gasteiger partial charge is 0.408 e. The first kappa shape index (κ1) is 24.0. The molecule has 0 saturated heterocycles. The van der Waals surface area contributed by atoms with Crippen molar-refractivity contribution in [2.75, 3.05) is 12.5 Å². The number of carbonyl (C=O) groups is 2. The number of nitrogens with one attached hydrogen (secondary N) is 1. The minimum Gasteiger partial charge on any atom is -0.445 e. The number of Topliss-reactive ketones (excluding diaryl/α,β-unsaturated/α-hetero) is 1. The Bertz CT molecular complexity index is 789. The summed E-state index contributed by atoms with van der Waals surface area (Å²) in [6.45, 7) is 1.99. The fourth-order valence-electron chi connectivity index (χ4n) is 2.20. The lowest BCUT2D eigenvalue weighted by molar-refractivity contribution is -0.214. The van der Waals surface area contributed by atoms with Crippen LogP contribution in [-0.4, -0.2) is 46.2 Å². The Morgan fingerprint density at radius 2 is 1.75 bits per heavy atom. The third kappa shape index (κ3) is 8.33. The van der Waals surface area contributed by atoms with Crippen molar-refractivity contribution in [2.24, 2.45) is 5.41 Å². The number of ether oxygens (including phenoxy) is 1. The average molecular weight is 421 g/mol. The molecule has 1 aromatic rings. The fraction of sp³-hybridized carbons (Fsp3) is 0.526. The Hall–Kier alpha value is -2.03. The van der Waals surface area contributed by atoms with Crippen molar-refractivity contribution in [3.63, 3.8) is 0 Å². The van der Waals surface area contributed by atoms with Crippen molar-refractivity contribution in [3.05, 3.63) is 35.9 Å². The summed E-state index contributed by atoms with van der Waals surface area (Å²) < 4.78 is 56.1. The summed E-state index contributed by atoms with van der Waals surface area (Å²) in [7, 11) is -2.58. The predicted octanol–water partition coefficient (Wildman–Crippen LogP) is 3.57. The van der Waals surface area contributed by atoms with Gasteiger partial charge in [-0.25, -0.2) is 4.79 Å². The summed E-state index contributed by atoms with van der Waals surface area (Å²) in [6, 6.07) is 7.53. The Balaban J connectivity index is 2.84. The van der Waals surface area contributed by atoms with Crippen molar-refractivity contribution in [1.29, 1.82) is 0 Å². The third-order valence-electron chi connectivity index (χ3n) is 4.07. The molecule has 28 heavy (non-hydrogen) atoms. The first-order valence-electron chi connectivity index (χ1n) is 8.58. The quantitative estimate of drug-likeness (QED) is 0.652. The molecule has 0 aliphatic carbocycles. The van der Waals surface area contributed by atoms with Gasteiger partial charge in [0.2, 0.25) is 0 Å². The number of alkyl carbamates (subject to hydrolysis) is 1. The largest absolute Gasteiger partial charge is 0.445 e. The molecule has 0 bridgehead atoms. The van der Waals surface area contributed by atoms with Crippen molar-refractivity contribution in [2.45, 2.75) is 45.5 Å². The second-order valence-electron chi connectivity index (χ2n) is 7.51. The van der Waals surface area contributed by atoms with Crippen LogP contribution in [0.4, 0.5) is 18.0 Å². The van der Waals surface area contributed by atoms with Gasteiger partial charge in [0.15, 0.2) is 5.78 Å². The molecule has 5 nitrogen and oxygen atoms in total. The number of alkyl halides is 3. The zero-order valence-corrected chi connectivity index (χ0v) is 17.2. The molecule has 9 heteroatoms. The molecule has 0 radical (unpaired) electrons. The highest BCUT2D eigenvalue weighted by atomic mass is 32.2. The molecule has 1 rings (SSSR count). The van der Waals surface area contributed by atoms with Crippen LogP contribution in [0.15, 0.2) is 30.3 Å². The summed E-state index contributed by atoms with van der Waals surface area (Å²) in [4.78, 5) is 24.4.